The van der Waals surface area contributed by atoms with E-state index in [2.05, 4.69) is 15.4 Å². The van der Waals surface area contributed by atoms with Gasteiger partial charge in [0.15, 0.2) is 5.65 Å². The van der Waals surface area contributed by atoms with Gasteiger partial charge in [-0.2, -0.15) is 5.10 Å². The number of aryl methyl sites for hydroxylation is 3. The highest BCUT2D eigenvalue weighted by atomic mass is 16.1. The molecule has 2 aromatic heterocycles. The molecule has 0 atom stereocenters. The van der Waals surface area contributed by atoms with Crippen LogP contribution in [0.4, 0.5) is 0 Å². The van der Waals surface area contributed by atoms with E-state index in [9.17, 15) is 4.79 Å². The van der Waals surface area contributed by atoms with Crippen LogP contribution in [-0.4, -0.2) is 32.6 Å². The zero-order chi connectivity index (χ0) is 15.1. The lowest BCUT2D eigenvalue weighted by Crippen LogP contribution is -2.45. The van der Waals surface area contributed by atoms with Crippen LogP contribution in [0, 0.1) is 20.8 Å². The highest BCUT2D eigenvalue weighted by molar-refractivity contribution is 6.01. The summed E-state index contributed by atoms with van der Waals surface area (Å²) in [4.78, 5) is 16.8. The Balaban J connectivity index is 2.44. The average molecular weight is 275 g/mol. The third kappa shape index (κ3) is 2.80. The summed E-state index contributed by atoms with van der Waals surface area (Å²) >= 11 is 0. The van der Waals surface area contributed by atoms with E-state index in [0.29, 0.717) is 23.4 Å². The predicted octanol–water partition coefficient (Wildman–Crippen LogP) is 1.12. The van der Waals surface area contributed by atoms with E-state index >= 15 is 0 Å². The molecule has 0 radical (unpaired) electrons. The Bertz CT molecular complexity index is 666. The van der Waals surface area contributed by atoms with Crippen molar-refractivity contribution in [1.29, 1.82) is 0 Å². The first-order valence-electron chi connectivity index (χ1n) is 6.60. The van der Waals surface area contributed by atoms with Crippen molar-refractivity contribution in [2.24, 2.45) is 5.73 Å². The van der Waals surface area contributed by atoms with Gasteiger partial charge >= 0.3 is 0 Å². The lowest BCUT2D eigenvalue weighted by atomic mass is 10.1. The number of nitrogens with two attached hydrogens (primary N) is 1. The van der Waals surface area contributed by atoms with E-state index in [1.165, 1.54) is 0 Å². The van der Waals surface area contributed by atoms with Gasteiger partial charge in [-0.15, -0.1) is 0 Å². The summed E-state index contributed by atoms with van der Waals surface area (Å²) in [5.74, 6) is -0.187. The van der Waals surface area contributed by atoms with Crippen molar-refractivity contribution in [3.05, 3.63) is 28.7 Å². The number of aromatic nitrogens is 3. The first-order chi connectivity index (χ1) is 9.19. The molecule has 6 heteroatoms. The summed E-state index contributed by atoms with van der Waals surface area (Å²) in [6.07, 6.45) is 0. The zero-order valence-electron chi connectivity index (χ0n) is 12.6. The summed E-state index contributed by atoms with van der Waals surface area (Å²) < 4.78 is 1.70. The number of carbonyl (C=O) groups is 1. The van der Waals surface area contributed by atoms with Gasteiger partial charge < -0.3 is 11.1 Å². The van der Waals surface area contributed by atoms with Crippen molar-refractivity contribution >= 4 is 11.6 Å². The number of rotatable bonds is 3. The van der Waals surface area contributed by atoms with Crippen LogP contribution < -0.4 is 11.1 Å². The number of fused-ring (bicyclic) bond motifs is 1. The third-order valence-corrected chi connectivity index (χ3v) is 3.00. The first-order valence-corrected chi connectivity index (χ1v) is 6.60. The van der Waals surface area contributed by atoms with Crippen LogP contribution in [0.1, 0.15) is 41.3 Å². The van der Waals surface area contributed by atoms with Crippen LogP contribution >= 0.6 is 0 Å². The lowest BCUT2D eigenvalue weighted by Gasteiger charge is -2.18. The number of nitrogens with zero attached hydrogens (tertiary/aromatic N) is 3. The monoisotopic (exact) mass is 275 g/mol. The molecule has 0 unspecified atom stereocenters. The highest BCUT2D eigenvalue weighted by Gasteiger charge is 2.21. The summed E-state index contributed by atoms with van der Waals surface area (Å²) in [5, 5.41) is 7.22. The molecule has 0 aromatic carbocycles. The molecule has 0 aliphatic heterocycles. The van der Waals surface area contributed by atoms with Gasteiger partial charge in [0, 0.05) is 23.5 Å². The molecule has 2 aromatic rings. The maximum atomic E-state index is 12.3. The standard InChI is InChI=1S/C14H21N5O/c1-8-6-9(2)19-12(17-8)11(10(3)18-19)13(20)16-7-14(4,5)15/h6H,7,15H2,1-5H3,(H,16,20). The fraction of sp³-hybridized carbons (Fsp3) is 0.500. The van der Waals surface area contributed by atoms with Crippen molar-refractivity contribution in [1.82, 2.24) is 19.9 Å². The molecule has 3 N–H and O–H groups in total. The van der Waals surface area contributed by atoms with E-state index in [-0.39, 0.29) is 5.91 Å². The molecule has 0 fully saturated rings. The van der Waals surface area contributed by atoms with E-state index < -0.39 is 5.54 Å². The number of amides is 1. The van der Waals surface area contributed by atoms with Gasteiger partial charge in [-0.1, -0.05) is 0 Å². The van der Waals surface area contributed by atoms with Crippen molar-refractivity contribution in [2.75, 3.05) is 6.54 Å². The van der Waals surface area contributed by atoms with Crippen LogP contribution in [0.15, 0.2) is 6.07 Å². The number of nitrogens with one attached hydrogen (secondary N) is 1. The van der Waals surface area contributed by atoms with E-state index in [0.717, 1.165) is 11.4 Å². The Labute approximate surface area is 118 Å². The SMILES string of the molecule is Cc1cc(C)n2nc(C)c(C(=O)NCC(C)(C)N)c2n1. The van der Waals surface area contributed by atoms with Crippen LogP contribution in [0.5, 0.6) is 0 Å². The number of hydrogen-bond donors (Lipinski definition) is 2. The van der Waals surface area contributed by atoms with Crippen molar-refractivity contribution < 1.29 is 4.79 Å². The third-order valence-electron chi connectivity index (χ3n) is 3.00. The average Bonchev–Trinajstić information content (AvgIpc) is 2.62. The molecule has 2 heterocycles. The van der Waals surface area contributed by atoms with Gasteiger partial charge in [0.2, 0.25) is 0 Å². The highest BCUT2D eigenvalue weighted by Crippen LogP contribution is 2.16. The fourth-order valence-electron chi connectivity index (χ4n) is 2.09. The zero-order valence-corrected chi connectivity index (χ0v) is 12.6. The fourth-order valence-corrected chi connectivity index (χ4v) is 2.09. The molecule has 0 aliphatic carbocycles. The van der Waals surface area contributed by atoms with Gasteiger partial charge in [-0.25, -0.2) is 9.50 Å². The van der Waals surface area contributed by atoms with Gasteiger partial charge in [0.25, 0.3) is 5.91 Å². The molecular formula is C14H21N5O. The molecule has 0 spiro atoms. The quantitative estimate of drug-likeness (QED) is 0.879. The summed E-state index contributed by atoms with van der Waals surface area (Å²) in [5.41, 5.74) is 9.02. The minimum atomic E-state index is -0.453. The molecule has 20 heavy (non-hydrogen) atoms. The predicted molar refractivity (Wildman–Crippen MR) is 77.8 cm³/mol. The normalized spacial score (nSPS) is 11.9. The van der Waals surface area contributed by atoms with Crippen molar-refractivity contribution in [3.8, 4) is 0 Å². The second-order valence-electron chi connectivity index (χ2n) is 5.91. The Kier molecular flexibility index (Phi) is 3.52. The summed E-state index contributed by atoms with van der Waals surface area (Å²) in [6.45, 7) is 9.78. The van der Waals surface area contributed by atoms with E-state index in [1.807, 2.05) is 40.7 Å². The molecule has 1 amide bonds. The minimum Gasteiger partial charge on any atom is -0.350 e. The number of carbonyl (C=O) groups excluding carboxylic acids is 1. The van der Waals surface area contributed by atoms with Gasteiger partial charge in [0.05, 0.1) is 5.69 Å². The Hall–Kier alpha value is -1.95. The van der Waals surface area contributed by atoms with E-state index in [4.69, 9.17) is 5.73 Å². The second-order valence-corrected chi connectivity index (χ2v) is 5.91. The smallest absolute Gasteiger partial charge is 0.257 e. The Morgan fingerprint density at radius 3 is 2.65 bits per heavy atom. The topological polar surface area (TPSA) is 85.3 Å². The number of hydrogen-bond acceptors (Lipinski definition) is 4. The summed E-state index contributed by atoms with van der Waals surface area (Å²) in [6, 6.07) is 1.93. The molecule has 108 valence electrons. The second kappa shape index (κ2) is 4.86. The molecule has 6 nitrogen and oxygen atoms in total. The molecule has 0 saturated carbocycles. The Morgan fingerprint density at radius 2 is 2.05 bits per heavy atom. The first kappa shape index (κ1) is 14.5. The minimum absolute atomic E-state index is 0.187. The maximum absolute atomic E-state index is 12.3. The molecule has 0 saturated heterocycles. The van der Waals surface area contributed by atoms with Crippen LogP contribution in [0.2, 0.25) is 0 Å². The van der Waals surface area contributed by atoms with Crippen LogP contribution in [0.25, 0.3) is 5.65 Å². The van der Waals surface area contributed by atoms with Crippen molar-refractivity contribution in [3.63, 3.8) is 0 Å². The maximum Gasteiger partial charge on any atom is 0.257 e. The van der Waals surface area contributed by atoms with E-state index in [1.54, 1.807) is 4.52 Å². The van der Waals surface area contributed by atoms with Crippen LogP contribution in [-0.2, 0) is 0 Å². The van der Waals surface area contributed by atoms with Crippen molar-refractivity contribution in [2.45, 2.75) is 40.2 Å². The molecule has 0 bridgehead atoms. The lowest BCUT2D eigenvalue weighted by molar-refractivity contribution is 0.0947. The largest absolute Gasteiger partial charge is 0.350 e. The van der Waals surface area contributed by atoms with Gasteiger partial charge in [-0.3, -0.25) is 4.79 Å². The van der Waals surface area contributed by atoms with Gasteiger partial charge in [0.1, 0.15) is 5.56 Å². The molecule has 2 rings (SSSR count). The Morgan fingerprint density at radius 1 is 1.40 bits per heavy atom. The van der Waals surface area contributed by atoms with Gasteiger partial charge in [-0.05, 0) is 40.7 Å². The van der Waals surface area contributed by atoms with Crippen LogP contribution in [0.3, 0.4) is 0 Å². The summed E-state index contributed by atoms with van der Waals surface area (Å²) in [7, 11) is 0. The molecule has 0 aliphatic rings. The molecular weight excluding hydrogens is 254 g/mol.